The summed E-state index contributed by atoms with van der Waals surface area (Å²) in [7, 11) is 1.64. The van der Waals surface area contributed by atoms with E-state index in [0.29, 0.717) is 19.2 Å². The number of likely N-dealkylation sites (tertiary alicyclic amines) is 1. The Hall–Kier alpha value is -1.26. The van der Waals surface area contributed by atoms with Gasteiger partial charge in [0.05, 0.1) is 7.11 Å². The fourth-order valence-electron chi connectivity index (χ4n) is 2.62. The maximum absolute atomic E-state index is 10.1. The van der Waals surface area contributed by atoms with Gasteiger partial charge in [-0.3, -0.25) is 4.90 Å². The lowest BCUT2D eigenvalue weighted by Crippen LogP contribution is -2.43. The van der Waals surface area contributed by atoms with Crippen molar-refractivity contribution in [3.63, 3.8) is 0 Å². The minimum atomic E-state index is -0.447. The summed E-state index contributed by atoms with van der Waals surface area (Å²) in [6, 6.07) is 7.99. The molecule has 0 aromatic heterocycles. The molecule has 1 aromatic carbocycles. The highest BCUT2D eigenvalue weighted by molar-refractivity contribution is 5.31. The Balaban J connectivity index is 1.74. The number of rotatable bonds is 6. The van der Waals surface area contributed by atoms with Gasteiger partial charge in [-0.05, 0) is 50.6 Å². The predicted molar refractivity (Wildman–Crippen MR) is 79.4 cm³/mol. The molecule has 1 heterocycles. The number of hydrogen-bond donors (Lipinski definition) is 1. The Kier molecular flexibility index (Phi) is 5.68. The van der Waals surface area contributed by atoms with Crippen molar-refractivity contribution >= 4 is 0 Å². The maximum atomic E-state index is 10.1. The molecule has 0 radical (unpaired) electrons. The van der Waals surface area contributed by atoms with Gasteiger partial charge < -0.3 is 14.6 Å². The smallest absolute Gasteiger partial charge is 0.119 e. The summed E-state index contributed by atoms with van der Waals surface area (Å²) < 4.78 is 10.7. The first-order valence-electron chi connectivity index (χ1n) is 7.38. The Morgan fingerprint density at radius 1 is 1.25 bits per heavy atom. The molecule has 0 bridgehead atoms. The number of ether oxygens (including phenoxy) is 2. The monoisotopic (exact) mass is 279 g/mol. The third kappa shape index (κ3) is 4.39. The average molecular weight is 279 g/mol. The normalized spacial score (nSPS) is 21.4. The lowest BCUT2D eigenvalue weighted by Gasteiger charge is -2.34. The summed E-state index contributed by atoms with van der Waals surface area (Å²) in [5.74, 6) is 1.57. The molecule has 2 atom stereocenters. The number of methoxy groups -OCH3 is 1. The van der Waals surface area contributed by atoms with E-state index in [1.165, 1.54) is 19.3 Å². The molecule has 0 amide bonds. The van der Waals surface area contributed by atoms with Gasteiger partial charge in [-0.25, -0.2) is 0 Å². The first-order valence-corrected chi connectivity index (χ1v) is 7.38. The SMILES string of the molecule is COc1ccc(OC[C@@H](O)CN2CCCC[C@@H]2C)cc1. The Morgan fingerprint density at radius 2 is 1.95 bits per heavy atom. The van der Waals surface area contributed by atoms with Gasteiger partial charge in [-0.15, -0.1) is 0 Å². The molecule has 4 nitrogen and oxygen atoms in total. The van der Waals surface area contributed by atoms with Crippen molar-refractivity contribution in [1.29, 1.82) is 0 Å². The van der Waals surface area contributed by atoms with E-state index in [2.05, 4.69) is 11.8 Å². The van der Waals surface area contributed by atoms with Gasteiger partial charge in [0.15, 0.2) is 0 Å². The molecule has 2 rings (SSSR count). The van der Waals surface area contributed by atoms with Crippen LogP contribution in [0.25, 0.3) is 0 Å². The Labute approximate surface area is 121 Å². The lowest BCUT2D eigenvalue weighted by atomic mass is 10.0. The molecule has 0 saturated carbocycles. The highest BCUT2D eigenvalue weighted by Gasteiger charge is 2.20. The number of aliphatic hydroxyl groups is 1. The molecule has 4 heteroatoms. The van der Waals surface area contributed by atoms with E-state index < -0.39 is 6.10 Å². The number of aliphatic hydroxyl groups excluding tert-OH is 1. The predicted octanol–water partition coefficient (Wildman–Crippen LogP) is 2.31. The quantitative estimate of drug-likeness (QED) is 0.867. The highest BCUT2D eigenvalue weighted by Crippen LogP contribution is 2.18. The zero-order chi connectivity index (χ0) is 14.4. The van der Waals surface area contributed by atoms with Crippen molar-refractivity contribution in [2.24, 2.45) is 0 Å². The van der Waals surface area contributed by atoms with Crippen LogP contribution in [-0.2, 0) is 0 Å². The highest BCUT2D eigenvalue weighted by atomic mass is 16.5. The van der Waals surface area contributed by atoms with Crippen molar-refractivity contribution in [3.8, 4) is 11.5 Å². The zero-order valence-electron chi connectivity index (χ0n) is 12.4. The van der Waals surface area contributed by atoms with Crippen LogP contribution in [0.4, 0.5) is 0 Å². The van der Waals surface area contributed by atoms with Gasteiger partial charge in [0.2, 0.25) is 0 Å². The van der Waals surface area contributed by atoms with Gasteiger partial charge in [0.1, 0.15) is 24.2 Å². The van der Waals surface area contributed by atoms with Crippen LogP contribution in [0.5, 0.6) is 11.5 Å². The lowest BCUT2D eigenvalue weighted by molar-refractivity contribution is 0.0438. The second-order valence-electron chi connectivity index (χ2n) is 5.48. The molecule has 1 saturated heterocycles. The van der Waals surface area contributed by atoms with Crippen LogP contribution < -0.4 is 9.47 Å². The molecule has 0 aliphatic carbocycles. The van der Waals surface area contributed by atoms with E-state index in [0.717, 1.165) is 18.0 Å². The topological polar surface area (TPSA) is 41.9 Å². The molecule has 1 aliphatic heterocycles. The number of nitrogens with zero attached hydrogens (tertiary/aromatic N) is 1. The third-order valence-corrected chi connectivity index (χ3v) is 3.89. The third-order valence-electron chi connectivity index (χ3n) is 3.89. The van der Waals surface area contributed by atoms with Gasteiger partial charge in [-0.2, -0.15) is 0 Å². The molecule has 0 spiro atoms. The second kappa shape index (κ2) is 7.50. The first kappa shape index (κ1) is 15.1. The molecule has 1 fully saturated rings. The largest absolute Gasteiger partial charge is 0.497 e. The van der Waals surface area contributed by atoms with Gasteiger partial charge >= 0.3 is 0 Å². The van der Waals surface area contributed by atoms with Crippen LogP contribution in [0, 0.1) is 0 Å². The van der Waals surface area contributed by atoms with E-state index >= 15 is 0 Å². The Bertz CT molecular complexity index is 393. The van der Waals surface area contributed by atoms with Crippen LogP contribution in [0.2, 0.25) is 0 Å². The standard InChI is InChI=1S/C16H25NO3/c1-13-5-3-4-10-17(13)11-14(18)12-20-16-8-6-15(19-2)7-9-16/h6-9,13-14,18H,3-5,10-12H2,1-2H3/t13-,14-/m0/s1. The van der Waals surface area contributed by atoms with Crippen molar-refractivity contribution in [3.05, 3.63) is 24.3 Å². The molecule has 112 valence electrons. The fourth-order valence-corrected chi connectivity index (χ4v) is 2.62. The van der Waals surface area contributed by atoms with E-state index in [9.17, 15) is 5.11 Å². The van der Waals surface area contributed by atoms with Crippen LogP contribution in [-0.4, -0.2) is 49.0 Å². The minimum Gasteiger partial charge on any atom is -0.497 e. The van der Waals surface area contributed by atoms with Gasteiger partial charge in [0.25, 0.3) is 0 Å². The van der Waals surface area contributed by atoms with E-state index in [-0.39, 0.29) is 0 Å². The van der Waals surface area contributed by atoms with Crippen LogP contribution in [0.1, 0.15) is 26.2 Å². The van der Waals surface area contributed by atoms with Crippen LogP contribution in [0.3, 0.4) is 0 Å². The second-order valence-corrected chi connectivity index (χ2v) is 5.48. The van der Waals surface area contributed by atoms with E-state index in [1.807, 2.05) is 24.3 Å². The van der Waals surface area contributed by atoms with Crippen molar-refractivity contribution in [1.82, 2.24) is 4.90 Å². The Morgan fingerprint density at radius 3 is 2.60 bits per heavy atom. The molecule has 20 heavy (non-hydrogen) atoms. The number of hydrogen-bond acceptors (Lipinski definition) is 4. The molecular weight excluding hydrogens is 254 g/mol. The fraction of sp³-hybridized carbons (Fsp3) is 0.625. The van der Waals surface area contributed by atoms with Crippen LogP contribution in [0.15, 0.2) is 24.3 Å². The first-order chi connectivity index (χ1) is 9.69. The zero-order valence-corrected chi connectivity index (χ0v) is 12.4. The van der Waals surface area contributed by atoms with E-state index in [4.69, 9.17) is 9.47 Å². The number of β-amino-alcohol motifs (C(OH)–C–C–N with tert-alkyl or cyclic N) is 1. The summed E-state index contributed by atoms with van der Waals surface area (Å²) in [5, 5.41) is 10.1. The summed E-state index contributed by atoms with van der Waals surface area (Å²) in [6.45, 7) is 4.34. The summed E-state index contributed by atoms with van der Waals surface area (Å²) in [6.07, 6.45) is 3.32. The molecule has 1 aliphatic rings. The summed E-state index contributed by atoms with van der Waals surface area (Å²) in [5.41, 5.74) is 0. The maximum Gasteiger partial charge on any atom is 0.119 e. The average Bonchev–Trinajstić information content (AvgIpc) is 2.48. The minimum absolute atomic E-state index is 0.329. The van der Waals surface area contributed by atoms with Crippen molar-refractivity contribution < 1.29 is 14.6 Å². The van der Waals surface area contributed by atoms with Crippen molar-refractivity contribution in [2.45, 2.75) is 38.3 Å². The molecule has 1 N–H and O–H groups in total. The molecular formula is C16H25NO3. The van der Waals surface area contributed by atoms with Crippen molar-refractivity contribution in [2.75, 3.05) is 26.8 Å². The summed E-state index contributed by atoms with van der Waals surface area (Å²) in [4.78, 5) is 2.35. The van der Waals surface area contributed by atoms with Gasteiger partial charge in [-0.1, -0.05) is 6.42 Å². The molecule has 1 aromatic rings. The molecule has 0 unspecified atom stereocenters. The van der Waals surface area contributed by atoms with Gasteiger partial charge in [0, 0.05) is 12.6 Å². The van der Waals surface area contributed by atoms with E-state index in [1.54, 1.807) is 7.11 Å². The number of benzene rings is 1. The van der Waals surface area contributed by atoms with Crippen LogP contribution >= 0.6 is 0 Å². The summed E-state index contributed by atoms with van der Waals surface area (Å²) >= 11 is 0. The number of piperidine rings is 1.